The van der Waals surface area contributed by atoms with Crippen molar-refractivity contribution in [2.24, 2.45) is 0 Å². The van der Waals surface area contributed by atoms with Crippen LogP contribution >= 0.6 is 11.6 Å². The van der Waals surface area contributed by atoms with E-state index in [0.717, 1.165) is 6.26 Å². The standard InChI is InChI=1S/C8H10ClN3O3S/c1-16(14,15)5-4-10-8(13)6-2-3-7(9)12-11-6/h2-3H,4-5H2,1H3,(H,10,13). The highest BCUT2D eigenvalue weighted by atomic mass is 35.5. The van der Waals surface area contributed by atoms with E-state index in [2.05, 4.69) is 15.5 Å². The van der Waals surface area contributed by atoms with E-state index in [4.69, 9.17) is 11.6 Å². The van der Waals surface area contributed by atoms with Crippen molar-refractivity contribution in [2.75, 3.05) is 18.6 Å². The highest BCUT2D eigenvalue weighted by Crippen LogP contribution is 2.01. The lowest BCUT2D eigenvalue weighted by Gasteiger charge is -2.02. The van der Waals surface area contributed by atoms with Crippen LogP contribution in [0.4, 0.5) is 0 Å². The van der Waals surface area contributed by atoms with Gasteiger partial charge in [0.15, 0.2) is 10.8 Å². The third-order valence-corrected chi connectivity index (χ3v) is 2.77. The quantitative estimate of drug-likeness (QED) is 0.820. The Hall–Kier alpha value is -1.21. The van der Waals surface area contributed by atoms with E-state index < -0.39 is 15.7 Å². The molecule has 0 unspecified atom stereocenters. The number of sulfone groups is 1. The van der Waals surface area contributed by atoms with Crippen LogP contribution in [0.3, 0.4) is 0 Å². The van der Waals surface area contributed by atoms with Crippen molar-refractivity contribution < 1.29 is 13.2 Å². The molecule has 88 valence electrons. The van der Waals surface area contributed by atoms with Crippen LogP contribution in [-0.4, -0.2) is 43.1 Å². The average Bonchev–Trinajstić information content (AvgIpc) is 2.16. The number of rotatable bonds is 4. The fourth-order valence-corrected chi connectivity index (χ4v) is 1.45. The Bertz CT molecular complexity index is 472. The fourth-order valence-electron chi connectivity index (χ4n) is 0.878. The summed E-state index contributed by atoms with van der Waals surface area (Å²) in [6, 6.07) is 2.84. The van der Waals surface area contributed by atoms with Gasteiger partial charge in [0.25, 0.3) is 5.91 Å². The summed E-state index contributed by atoms with van der Waals surface area (Å²) in [5.74, 6) is -0.590. The van der Waals surface area contributed by atoms with E-state index in [9.17, 15) is 13.2 Å². The first-order valence-electron chi connectivity index (χ1n) is 4.33. The molecule has 0 spiro atoms. The molecule has 1 heterocycles. The van der Waals surface area contributed by atoms with Crippen LogP contribution in [0.1, 0.15) is 10.5 Å². The summed E-state index contributed by atoms with van der Waals surface area (Å²) in [7, 11) is -3.08. The Morgan fingerprint density at radius 2 is 2.12 bits per heavy atom. The predicted octanol–water partition coefficient (Wildman–Crippen LogP) is -0.0956. The second kappa shape index (κ2) is 5.22. The number of carbonyl (C=O) groups excluding carboxylic acids is 1. The Morgan fingerprint density at radius 3 is 2.62 bits per heavy atom. The molecule has 1 rings (SSSR count). The third-order valence-electron chi connectivity index (χ3n) is 1.62. The number of amides is 1. The molecule has 0 saturated heterocycles. The molecular weight excluding hydrogens is 254 g/mol. The number of nitrogens with one attached hydrogen (secondary N) is 1. The number of halogens is 1. The van der Waals surface area contributed by atoms with Crippen LogP contribution in [-0.2, 0) is 9.84 Å². The molecule has 0 aliphatic rings. The minimum absolute atomic E-state index is 0.0436. The molecular formula is C8H10ClN3O3S. The van der Waals surface area contributed by atoms with Crippen LogP contribution in [0.25, 0.3) is 0 Å². The third kappa shape index (κ3) is 4.54. The molecule has 0 saturated carbocycles. The topological polar surface area (TPSA) is 89.0 Å². The van der Waals surface area contributed by atoms with Crippen LogP contribution in [0.5, 0.6) is 0 Å². The van der Waals surface area contributed by atoms with Crippen LogP contribution in [0.2, 0.25) is 5.15 Å². The number of carbonyl (C=O) groups is 1. The summed E-state index contributed by atoms with van der Waals surface area (Å²) in [6.07, 6.45) is 1.10. The first-order chi connectivity index (χ1) is 7.38. The normalized spacial score (nSPS) is 11.1. The first-order valence-corrected chi connectivity index (χ1v) is 6.77. The van der Waals surface area contributed by atoms with Gasteiger partial charge in [0, 0.05) is 12.8 Å². The van der Waals surface area contributed by atoms with E-state index in [1.54, 1.807) is 0 Å². The molecule has 1 aromatic heterocycles. The Labute approximate surface area is 97.9 Å². The molecule has 6 nitrogen and oxygen atoms in total. The average molecular weight is 264 g/mol. The Morgan fingerprint density at radius 1 is 1.44 bits per heavy atom. The lowest BCUT2D eigenvalue weighted by Crippen LogP contribution is -2.29. The van der Waals surface area contributed by atoms with Gasteiger partial charge in [0.05, 0.1) is 5.75 Å². The molecule has 8 heteroatoms. The summed E-state index contributed by atoms with van der Waals surface area (Å²) in [6.45, 7) is 0.0436. The predicted molar refractivity (Wildman–Crippen MR) is 59.1 cm³/mol. The molecule has 1 amide bonds. The fraction of sp³-hybridized carbons (Fsp3) is 0.375. The number of aromatic nitrogens is 2. The van der Waals surface area contributed by atoms with Gasteiger partial charge in [-0.25, -0.2) is 8.42 Å². The van der Waals surface area contributed by atoms with Crippen molar-refractivity contribution in [1.82, 2.24) is 15.5 Å². The largest absolute Gasteiger partial charge is 0.350 e. The summed E-state index contributed by atoms with van der Waals surface area (Å²) >= 11 is 5.50. The summed E-state index contributed by atoms with van der Waals surface area (Å²) in [5.41, 5.74) is 0.0953. The summed E-state index contributed by atoms with van der Waals surface area (Å²) in [4.78, 5) is 11.4. The monoisotopic (exact) mass is 263 g/mol. The molecule has 0 bridgehead atoms. The van der Waals surface area contributed by atoms with Gasteiger partial charge in [0.2, 0.25) is 0 Å². The number of nitrogens with zero attached hydrogens (tertiary/aromatic N) is 2. The molecule has 0 aliphatic carbocycles. The Kier molecular flexibility index (Phi) is 4.19. The molecule has 0 aromatic carbocycles. The van der Waals surface area contributed by atoms with Gasteiger partial charge >= 0.3 is 0 Å². The van der Waals surface area contributed by atoms with Crippen molar-refractivity contribution in [3.8, 4) is 0 Å². The van der Waals surface area contributed by atoms with Crippen molar-refractivity contribution in [3.05, 3.63) is 23.0 Å². The molecule has 0 atom stereocenters. The zero-order valence-corrected chi connectivity index (χ0v) is 10.0. The smallest absolute Gasteiger partial charge is 0.271 e. The summed E-state index contributed by atoms with van der Waals surface area (Å²) in [5, 5.41) is 9.64. The van der Waals surface area contributed by atoms with E-state index in [1.807, 2.05) is 0 Å². The maximum Gasteiger partial charge on any atom is 0.271 e. The molecule has 16 heavy (non-hydrogen) atoms. The van der Waals surface area contributed by atoms with Gasteiger partial charge in [-0.15, -0.1) is 10.2 Å². The van der Waals surface area contributed by atoms with Crippen LogP contribution in [0.15, 0.2) is 12.1 Å². The lowest BCUT2D eigenvalue weighted by atomic mass is 10.4. The van der Waals surface area contributed by atoms with Gasteiger partial charge in [-0.3, -0.25) is 4.79 Å². The molecule has 1 aromatic rings. The highest BCUT2D eigenvalue weighted by molar-refractivity contribution is 7.90. The maximum absolute atomic E-state index is 11.4. The minimum Gasteiger partial charge on any atom is -0.350 e. The van der Waals surface area contributed by atoms with E-state index in [-0.39, 0.29) is 23.1 Å². The van der Waals surface area contributed by atoms with Crippen molar-refractivity contribution in [3.63, 3.8) is 0 Å². The zero-order chi connectivity index (χ0) is 12.2. The molecule has 0 radical (unpaired) electrons. The van der Waals surface area contributed by atoms with Gasteiger partial charge in [-0.2, -0.15) is 0 Å². The maximum atomic E-state index is 11.4. The van der Waals surface area contributed by atoms with Gasteiger partial charge in [-0.1, -0.05) is 11.6 Å². The second-order valence-corrected chi connectivity index (χ2v) is 5.77. The van der Waals surface area contributed by atoms with Gasteiger partial charge in [0.1, 0.15) is 9.84 Å². The van der Waals surface area contributed by atoms with E-state index in [0.29, 0.717) is 0 Å². The van der Waals surface area contributed by atoms with E-state index in [1.165, 1.54) is 12.1 Å². The molecule has 1 N–H and O–H groups in total. The number of hydrogen-bond acceptors (Lipinski definition) is 5. The minimum atomic E-state index is -3.08. The molecule has 0 aliphatic heterocycles. The van der Waals surface area contributed by atoms with Crippen LogP contribution in [0, 0.1) is 0 Å². The van der Waals surface area contributed by atoms with Gasteiger partial charge < -0.3 is 5.32 Å². The highest BCUT2D eigenvalue weighted by Gasteiger charge is 2.08. The van der Waals surface area contributed by atoms with Crippen molar-refractivity contribution in [2.45, 2.75) is 0 Å². The SMILES string of the molecule is CS(=O)(=O)CCNC(=O)c1ccc(Cl)nn1. The number of hydrogen-bond donors (Lipinski definition) is 1. The van der Waals surface area contributed by atoms with Gasteiger partial charge in [-0.05, 0) is 12.1 Å². The van der Waals surface area contributed by atoms with Crippen molar-refractivity contribution in [1.29, 1.82) is 0 Å². The molecule has 0 fully saturated rings. The van der Waals surface area contributed by atoms with Crippen molar-refractivity contribution >= 4 is 27.3 Å². The summed E-state index contributed by atoms with van der Waals surface area (Å²) < 4.78 is 21.6. The Balaban J connectivity index is 2.50. The first kappa shape index (κ1) is 12.9. The van der Waals surface area contributed by atoms with Crippen LogP contribution < -0.4 is 5.32 Å². The second-order valence-electron chi connectivity index (χ2n) is 3.13. The van der Waals surface area contributed by atoms with E-state index >= 15 is 0 Å². The lowest BCUT2D eigenvalue weighted by molar-refractivity contribution is 0.0950. The zero-order valence-electron chi connectivity index (χ0n) is 8.47.